The van der Waals surface area contributed by atoms with Crippen LogP contribution in [0.1, 0.15) is 89.1 Å². The number of nitrogens with one attached hydrogen (secondary N) is 1. The molecule has 0 saturated heterocycles. The maximum Gasteiger partial charge on any atom is 0.407 e. The second-order valence-electron chi connectivity index (χ2n) is 8.53. The summed E-state index contributed by atoms with van der Waals surface area (Å²) < 4.78 is 5.16. The second-order valence-corrected chi connectivity index (χ2v) is 8.53. The summed E-state index contributed by atoms with van der Waals surface area (Å²) >= 11 is 0. The first-order valence-corrected chi connectivity index (χ1v) is 10.4. The summed E-state index contributed by atoms with van der Waals surface area (Å²) in [6.07, 6.45) is 4.67. The fraction of sp³-hybridized carbons (Fsp3) is 0.652. The first kappa shape index (κ1) is 24.2. The Morgan fingerprint density at radius 1 is 1.07 bits per heavy atom. The van der Waals surface area contributed by atoms with Crippen LogP contribution in [0.25, 0.3) is 0 Å². The van der Waals surface area contributed by atoms with Gasteiger partial charge in [-0.2, -0.15) is 0 Å². The van der Waals surface area contributed by atoms with Crippen molar-refractivity contribution in [1.82, 2.24) is 5.32 Å². The van der Waals surface area contributed by atoms with Gasteiger partial charge in [0.1, 0.15) is 5.60 Å². The number of ketones is 1. The van der Waals surface area contributed by atoms with E-state index in [-0.39, 0.29) is 18.7 Å². The minimum absolute atomic E-state index is 0.0183. The number of Topliss-reactive ketones (excluding diaryl/α,β-unsaturated/α-hetero) is 1. The zero-order chi connectivity index (χ0) is 21.2. The molecule has 1 aromatic rings. The highest BCUT2D eigenvalue weighted by molar-refractivity contribution is 5.96. The molecule has 0 aromatic heterocycles. The third-order valence-electron chi connectivity index (χ3n) is 4.58. The number of aliphatic hydroxyl groups is 1. The number of ether oxygens (including phenoxy) is 1. The maximum atomic E-state index is 12.4. The van der Waals surface area contributed by atoms with Crippen LogP contribution in [-0.4, -0.2) is 34.7 Å². The van der Waals surface area contributed by atoms with Gasteiger partial charge in [0.25, 0.3) is 0 Å². The van der Waals surface area contributed by atoms with Gasteiger partial charge in [0.05, 0.1) is 5.60 Å². The molecule has 0 atom stereocenters. The van der Waals surface area contributed by atoms with E-state index in [1.807, 2.05) is 18.2 Å². The van der Waals surface area contributed by atoms with Crippen molar-refractivity contribution in [2.75, 3.05) is 6.54 Å². The largest absolute Gasteiger partial charge is 0.444 e. The van der Waals surface area contributed by atoms with Crippen molar-refractivity contribution in [3.8, 4) is 0 Å². The summed E-state index contributed by atoms with van der Waals surface area (Å²) in [6.45, 7) is 9.81. The zero-order valence-corrected chi connectivity index (χ0v) is 18.1. The molecule has 0 unspecified atom stereocenters. The van der Waals surface area contributed by atoms with E-state index in [1.54, 1.807) is 26.8 Å². The van der Waals surface area contributed by atoms with Crippen molar-refractivity contribution in [2.24, 2.45) is 0 Å². The van der Waals surface area contributed by atoms with Crippen molar-refractivity contribution < 1.29 is 19.4 Å². The molecular formula is C23H37NO4. The lowest BCUT2D eigenvalue weighted by Gasteiger charge is -2.27. The molecule has 28 heavy (non-hydrogen) atoms. The molecule has 0 aliphatic rings. The van der Waals surface area contributed by atoms with Gasteiger partial charge in [-0.25, -0.2) is 4.79 Å². The fourth-order valence-electron chi connectivity index (χ4n) is 3.32. The normalized spacial score (nSPS) is 11.9. The highest BCUT2D eigenvalue weighted by Crippen LogP contribution is 2.25. The standard InChI is InChI=1S/C23H37NO4/c1-6-13-23(27,14-7-2)15-11-18-9-8-10-19(17-18)20(25)12-16-24-21(26)28-22(3,4)5/h8-10,17,27H,6-7,11-16H2,1-5H3,(H,24,26). The minimum Gasteiger partial charge on any atom is -0.444 e. The minimum atomic E-state index is -0.624. The average molecular weight is 392 g/mol. The number of benzene rings is 1. The lowest BCUT2D eigenvalue weighted by atomic mass is 9.86. The van der Waals surface area contributed by atoms with E-state index < -0.39 is 17.3 Å². The highest BCUT2D eigenvalue weighted by Gasteiger charge is 2.24. The number of aryl methyl sites for hydroxylation is 1. The van der Waals surface area contributed by atoms with Crippen LogP contribution in [0.4, 0.5) is 4.79 Å². The summed E-state index contributed by atoms with van der Waals surface area (Å²) in [4.78, 5) is 24.1. The lowest BCUT2D eigenvalue weighted by Crippen LogP contribution is -2.33. The van der Waals surface area contributed by atoms with E-state index in [9.17, 15) is 14.7 Å². The van der Waals surface area contributed by atoms with Crippen LogP contribution >= 0.6 is 0 Å². The predicted molar refractivity (Wildman–Crippen MR) is 113 cm³/mol. The Balaban J connectivity index is 2.57. The van der Waals surface area contributed by atoms with Gasteiger partial charge in [-0.3, -0.25) is 4.79 Å². The van der Waals surface area contributed by atoms with Gasteiger partial charge in [0.15, 0.2) is 5.78 Å². The molecule has 0 heterocycles. The molecule has 2 N–H and O–H groups in total. The molecule has 0 aliphatic heterocycles. The van der Waals surface area contributed by atoms with Gasteiger partial charge in [-0.1, -0.05) is 44.9 Å². The predicted octanol–water partition coefficient (Wildman–Crippen LogP) is 5.05. The lowest BCUT2D eigenvalue weighted by molar-refractivity contribution is 0.0132. The Hall–Kier alpha value is -1.88. The smallest absolute Gasteiger partial charge is 0.407 e. The molecule has 0 fully saturated rings. The molecule has 0 saturated carbocycles. The highest BCUT2D eigenvalue weighted by atomic mass is 16.6. The molecule has 158 valence electrons. The van der Waals surface area contributed by atoms with E-state index >= 15 is 0 Å². The monoisotopic (exact) mass is 391 g/mol. The van der Waals surface area contributed by atoms with Gasteiger partial charge in [-0.15, -0.1) is 0 Å². The Morgan fingerprint density at radius 2 is 1.71 bits per heavy atom. The van der Waals surface area contributed by atoms with Crippen LogP contribution in [0.5, 0.6) is 0 Å². The Labute approximate surface area is 169 Å². The number of carbonyl (C=O) groups excluding carboxylic acids is 2. The van der Waals surface area contributed by atoms with Crippen molar-refractivity contribution >= 4 is 11.9 Å². The number of amides is 1. The summed E-state index contributed by atoms with van der Waals surface area (Å²) in [5.74, 6) is -0.0183. The van der Waals surface area contributed by atoms with E-state index in [2.05, 4.69) is 19.2 Å². The molecule has 0 bridgehead atoms. The molecule has 1 amide bonds. The van der Waals surface area contributed by atoms with Gasteiger partial charge >= 0.3 is 6.09 Å². The topological polar surface area (TPSA) is 75.6 Å². The van der Waals surface area contributed by atoms with E-state index in [0.29, 0.717) is 12.0 Å². The summed E-state index contributed by atoms with van der Waals surface area (Å²) in [5, 5.41) is 13.4. The van der Waals surface area contributed by atoms with Crippen molar-refractivity contribution in [3.05, 3.63) is 35.4 Å². The molecule has 1 rings (SSSR count). The Kier molecular flexibility index (Phi) is 9.66. The molecule has 0 aliphatic carbocycles. The number of carbonyl (C=O) groups is 2. The second kappa shape index (κ2) is 11.2. The summed E-state index contributed by atoms with van der Waals surface area (Å²) in [5.41, 5.74) is 0.510. The molecule has 1 aromatic carbocycles. The van der Waals surface area contributed by atoms with Gasteiger partial charge < -0.3 is 15.2 Å². The third kappa shape index (κ3) is 9.36. The number of alkyl carbamates (subject to hydrolysis) is 1. The summed E-state index contributed by atoms with van der Waals surface area (Å²) in [7, 11) is 0. The van der Waals surface area contributed by atoms with Crippen molar-refractivity contribution in [3.63, 3.8) is 0 Å². The zero-order valence-electron chi connectivity index (χ0n) is 18.1. The van der Waals surface area contributed by atoms with E-state index in [4.69, 9.17) is 4.74 Å². The summed E-state index contributed by atoms with van der Waals surface area (Å²) in [6, 6.07) is 7.56. The van der Waals surface area contributed by atoms with Crippen LogP contribution in [0.15, 0.2) is 24.3 Å². The van der Waals surface area contributed by atoms with Crippen LogP contribution in [-0.2, 0) is 11.2 Å². The van der Waals surface area contributed by atoms with Crippen molar-refractivity contribution in [2.45, 2.75) is 90.8 Å². The fourth-order valence-corrected chi connectivity index (χ4v) is 3.32. The van der Waals surface area contributed by atoms with E-state index in [1.165, 1.54) is 0 Å². The molecule has 5 nitrogen and oxygen atoms in total. The third-order valence-corrected chi connectivity index (χ3v) is 4.58. The molecular weight excluding hydrogens is 354 g/mol. The van der Waals surface area contributed by atoms with Gasteiger partial charge in [0.2, 0.25) is 0 Å². The first-order valence-electron chi connectivity index (χ1n) is 10.4. The SMILES string of the molecule is CCCC(O)(CCC)CCc1cccc(C(=O)CCNC(=O)OC(C)(C)C)c1. The quantitative estimate of drug-likeness (QED) is 0.518. The molecule has 5 heteroatoms. The molecule has 0 radical (unpaired) electrons. The number of hydrogen-bond acceptors (Lipinski definition) is 4. The van der Waals surface area contributed by atoms with Crippen LogP contribution < -0.4 is 5.32 Å². The van der Waals surface area contributed by atoms with Gasteiger partial charge in [-0.05, 0) is 58.1 Å². The first-order chi connectivity index (χ1) is 13.1. The van der Waals surface area contributed by atoms with Crippen molar-refractivity contribution in [1.29, 1.82) is 0 Å². The van der Waals surface area contributed by atoms with Gasteiger partial charge in [0, 0.05) is 18.5 Å². The Bertz CT molecular complexity index is 628. The van der Waals surface area contributed by atoms with Crippen LogP contribution in [0, 0.1) is 0 Å². The maximum absolute atomic E-state index is 12.4. The van der Waals surface area contributed by atoms with E-state index in [0.717, 1.165) is 37.7 Å². The molecule has 0 spiro atoms. The Morgan fingerprint density at radius 3 is 2.29 bits per heavy atom. The van der Waals surface area contributed by atoms with Crippen LogP contribution in [0.3, 0.4) is 0 Å². The average Bonchev–Trinajstić information content (AvgIpc) is 2.59. The number of hydrogen-bond donors (Lipinski definition) is 2. The number of rotatable bonds is 11. The van der Waals surface area contributed by atoms with Crippen LogP contribution in [0.2, 0.25) is 0 Å².